The van der Waals surface area contributed by atoms with Gasteiger partial charge in [-0.05, 0) is 36.6 Å². The zero-order chi connectivity index (χ0) is 16.6. The fourth-order valence-corrected chi connectivity index (χ4v) is 2.53. The number of nitrogens with zero attached hydrogens (tertiary/aromatic N) is 1. The largest absolute Gasteiger partial charge is 0.480 e. The molecule has 0 aliphatic heterocycles. The van der Waals surface area contributed by atoms with Gasteiger partial charge in [0.25, 0.3) is 0 Å². The molecule has 0 aliphatic rings. The number of aliphatic carboxylic acids is 1. The Morgan fingerprint density at radius 3 is 2.14 bits per heavy atom. The zero-order valence-corrected chi connectivity index (χ0v) is 14.2. The maximum atomic E-state index is 12.3. The van der Waals surface area contributed by atoms with E-state index < -0.39 is 5.97 Å². The summed E-state index contributed by atoms with van der Waals surface area (Å²) in [7, 11) is 0. The first-order valence-electron chi connectivity index (χ1n) is 7.77. The maximum Gasteiger partial charge on any atom is 0.323 e. The van der Waals surface area contributed by atoms with Gasteiger partial charge in [0.2, 0.25) is 5.91 Å². The number of rotatable bonds is 9. The van der Waals surface area contributed by atoms with E-state index >= 15 is 0 Å². The summed E-state index contributed by atoms with van der Waals surface area (Å²) < 4.78 is 0. The van der Waals surface area contributed by atoms with Crippen LogP contribution < -0.4 is 5.73 Å². The van der Waals surface area contributed by atoms with E-state index in [0.29, 0.717) is 25.4 Å². The maximum absolute atomic E-state index is 12.3. The van der Waals surface area contributed by atoms with Crippen LogP contribution in [0.15, 0.2) is 0 Å². The normalized spacial score (nSPS) is 13.3. The number of hydrogen-bond donors (Lipinski definition) is 2. The minimum Gasteiger partial charge on any atom is -0.480 e. The first-order valence-corrected chi connectivity index (χ1v) is 7.77. The molecule has 1 unspecified atom stereocenters. The molecule has 0 aromatic carbocycles. The van der Waals surface area contributed by atoms with Crippen molar-refractivity contribution < 1.29 is 14.7 Å². The molecule has 5 heteroatoms. The lowest BCUT2D eigenvalue weighted by Crippen LogP contribution is -2.38. The van der Waals surface area contributed by atoms with E-state index in [9.17, 15) is 9.59 Å². The van der Waals surface area contributed by atoms with Gasteiger partial charge < -0.3 is 15.7 Å². The van der Waals surface area contributed by atoms with E-state index in [1.54, 1.807) is 0 Å². The first-order chi connectivity index (χ1) is 9.57. The molecule has 0 rings (SSSR count). The average Bonchev–Trinajstić information content (AvgIpc) is 2.30. The summed E-state index contributed by atoms with van der Waals surface area (Å²) in [5.74, 6) is -0.399. The lowest BCUT2D eigenvalue weighted by molar-refractivity contribution is -0.145. The van der Waals surface area contributed by atoms with Gasteiger partial charge in [0.05, 0.1) is 0 Å². The molecule has 3 N–H and O–H groups in total. The monoisotopic (exact) mass is 300 g/mol. The Morgan fingerprint density at radius 1 is 1.19 bits per heavy atom. The molecule has 1 atom stereocenters. The van der Waals surface area contributed by atoms with Crippen molar-refractivity contribution in [2.45, 2.75) is 53.9 Å². The molecule has 0 radical (unpaired) electrons. The SMILES string of the molecule is CC(C)CN(CC(=O)O)C(=O)CCC(CCN)C(C)(C)C. The van der Waals surface area contributed by atoms with Crippen molar-refractivity contribution in [3.05, 3.63) is 0 Å². The number of carbonyl (C=O) groups excluding carboxylic acids is 1. The molecule has 21 heavy (non-hydrogen) atoms. The summed E-state index contributed by atoms with van der Waals surface area (Å²) in [6.07, 6.45) is 2.04. The predicted molar refractivity (Wildman–Crippen MR) is 84.9 cm³/mol. The smallest absolute Gasteiger partial charge is 0.323 e. The van der Waals surface area contributed by atoms with Gasteiger partial charge in [-0.1, -0.05) is 34.6 Å². The van der Waals surface area contributed by atoms with E-state index in [2.05, 4.69) is 20.8 Å². The van der Waals surface area contributed by atoms with Gasteiger partial charge in [-0.15, -0.1) is 0 Å². The second-order valence-corrected chi connectivity index (χ2v) is 7.24. The van der Waals surface area contributed by atoms with Gasteiger partial charge in [0.1, 0.15) is 6.54 Å². The molecule has 0 aromatic heterocycles. The highest BCUT2D eigenvalue weighted by molar-refractivity contribution is 5.81. The minimum absolute atomic E-state index is 0.0719. The summed E-state index contributed by atoms with van der Waals surface area (Å²) in [6.45, 7) is 11.3. The quantitative estimate of drug-likeness (QED) is 0.684. The molecule has 1 amide bonds. The standard InChI is InChI=1S/C16H32N2O3/c1-12(2)10-18(11-15(20)21)14(19)7-6-13(8-9-17)16(3,4)5/h12-13H,6-11,17H2,1-5H3,(H,20,21). The fourth-order valence-electron chi connectivity index (χ4n) is 2.53. The molecular formula is C16H32N2O3. The highest BCUT2D eigenvalue weighted by atomic mass is 16.4. The second-order valence-electron chi connectivity index (χ2n) is 7.24. The topological polar surface area (TPSA) is 83.6 Å². The van der Waals surface area contributed by atoms with Gasteiger partial charge in [-0.3, -0.25) is 9.59 Å². The van der Waals surface area contributed by atoms with Gasteiger partial charge in [-0.25, -0.2) is 0 Å². The number of hydrogen-bond acceptors (Lipinski definition) is 3. The molecular weight excluding hydrogens is 268 g/mol. The highest BCUT2D eigenvalue weighted by Crippen LogP contribution is 2.32. The predicted octanol–water partition coefficient (Wildman–Crippen LogP) is 2.35. The molecule has 0 saturated carbocycles. The Balaban J connectivity index is 4.62. The fraction of sp³-hybridized carbons (Fsp3) is 0.875. The Morgan fingerprint density at radius 2 is 1.76 bits per heavy atom. The summed E-state index contributed by atoms with van der Waals surface area (Å²) >= 11 is 0. The van der Waals surface area contributed by atoms with Crippen LogP contribution in [-0.4, -0.2) is 41.5 Å². The van der Waals surface area contributed by atoms with Crippen molar-refractivity contribution in [3.8, 4) is 0 Å². The zero-order valence-electron chi connectivity index (χ0n) is 14.2. The molecule has 124 valence electrons. The Bertz CT molecular complexity index is 335. The molecule has 0 heterocycles. The van der Waals surface area contributed by atoms with Gasteiger partial charge in [-0.2, -0.15) is 0 Å². The molecule has 0 bridgehead atoms. The number of amides is 1. The van der Waals surface area contributed by atoms with Crippen molar-refractivity contribution in [2.75, 3.05) is 19.6 Å². The molecule has 0 aromatic rings. The van der Waals surface area contributed by atoms with Gasteiger partial charge in [0, 0.05) is 13.0 Å². The lowest BCUT2D eigenvalue weighted by Gasteiger charge is -2.31. The molecule has 0 spiro atoms. The molecule has 0 fully saturated rings. The minimum atomic E-state index is -0.960. The van der Waals surface area contributed by atoms with E-state index in [0.717, 1.165) is 12.8 Å². The molecule has 5 nitrogen and oxygen atoms in total. The van der Waals surface area contributed by atoms with Crippen LogP contribution in [0.2, 0.25) is 0 Å². The summed E-state index contributed by atoms with van der Waals surface area (Å²) in [4.78, 5) is 24.6. The van der Waals surface area contributed by atoms with Crippen LogP contribution in [0.4, 0.5) is 0 Å². The van der Waals surface area contributed by atoms with Gasteiger partial charge >= 0.3 is 5.97 Å². The third-order valence-corrected chi connectivity index (χ3v) is 3.71. The Hall–Kier alpha value is -1.10. The number of carbonyl (C=O) groups is 2. The van der Waals surface area contributed by atoms with Crippen molar-refractivity contribution in [1.82, 2.24) is 4.90 Å². The van der Waals surface area contributed by atoms with Crippen LogP contribution >= 0.6 is 0 Å². The second kappa shape index (κ2) is 9.03. The van der Waals surface area contributed by atoms with Crippen molar-refractivity contribution in [3.63, 3.8) is 0 Å². The highest BCUT2D eigenvalue weighted by Gasteiger charge is 2.26. The van der Waals surface area contributed by atoms with Crippen LogP contribution in [0.3, 0.4) is 0 Å². The average molecular weight is 300 g/mol. The van der Waals surface area contributed by atoms with Crippen LogP contribution in [0.1, 0.15) is 53.9 Å². The Kier molecular flexibility index (Phi) is 8.55. The van der Waals surface area contributed by atoms with Crippen LogP contribution in [-0.2, 0) is 9.59 Å². The number of nitrogens with two attached hydrogens (primary N) is 1. The van der Waals surface area contributed by atoms with Crippen molar-refractivity contribution >= 4 is 11.9 Å². The van der Waals surface area contributed by atoms with E-state index in [4.69, 9.17) is 10.8 Å². The van der Waals surface area contributed by atoms with Crippen LogP contribution in [0.25, 0.3) is 0 Å². The van der Waals surface area contributed by atoms with E-state index in [-0.39, 0.29) is 23.8 Å². The molecule has 0 saturated heterocycles. The third-order valence-electron chi connectivity index (χ3n) is 3.71. The third kappa shape index (κ3) is 8.71. The van der Waals surface area contributed by atoms with Crippen LogP contribution in [0, 0.1) is 17.3 Å². The van der Waals surface area contributed by atoms with Crippen molar-refractivity contribution in [2.24, 2.45) is 23.0 Å². The summed E-state index contributed by atoms with van der Waals surface area (Å²) in [6, 6.07) is 0. The Labute approximate surface area is 128 Å². The number of carboxylic acid groups (broad SMARTS) is 1. The summed E-state index contributed by atoms with van der Waals surface area (Å²) in [5, 5.41) is 8.93. The number of carboxylic acids is 1. The molecule has 0 aliphatic carbocycles. The first kappa shape index (κ1) is 19.9. The van der Waals surface area contributed by atoms with E-state index in [1.165, 1.54) is 4.90 Å². The van der Waals surface area contributed by atoms with Crippen molar-refractivity contribution in [1.29, 1.82) is 0 Å². The van der Waals surface area contributed by atoms with Crippen LogP contribution in [0.5, 0.6) is 0 Å². The van der Waals surface area contributed by atoms with Gasteiger partial charge in [0.15, 0.2) is 0 Å². The van der Waals surface area contributed by atoms with E-state index in [1.807, 2.05) is 13.8 Å². The summed E-state index contributed by atoms with van der Waals surface area (Å²) in [5.41, 5.74) is 5.76. The lowest BCUT2D eigenvalue weighted by atomic mass is 9.76.